The van der Waals surface area contributed by atoms with E-state index in [9.17, 15) is 54.9 Å². The molecule has 6 saturated heterocycles. The second-order valence-electron chi connectivity index (χ2n) is 37.6. The summed E-state index contributed by atoms with van der Waals surface area (Å²) in [6.45, 7) is 35.0. The van der Waals surface area contributed by atoms with Gasteiger partial charge in [-0.2, -0.15) is 0 Å². The highest BCUT2D eigenvalue weighted by atomic mass is 16.7. The summed E-state index contributed by atoms with van der Waals surface area (Å²) in [5.74, 6) is -8.22. The lowest BCUT2D eigenvalue weighted by Crippen LogP contribution is -2.62. The van der Waals surface area contributed by atoms with E-state index in [4.69, 9.17) is 81.0 Å². The number of aliphatic hydroxyl groups is 7. The van der Waals surface area contributed by atoms with Crippen LogP contribution in [0, 0.1) is 47.3 Å². The lowest BCUT2D eigenvalue weighted by molar-refractivity contribution is -0.319. The first-order valence-electron chi connectivity index (χ1n) is 43.8. The molecule has 7 fully saturated rings. The van der Waals surface area contributed by atoms with Crippen LogP contribution >= 0.6 is 0 Å². The number of esters is 2. The number of ketones is 1. The van der Waals surface area contributed by atoms with Crippen molar-refractivity contribution >= 4 is 35.2 Å². The van der Waals surface area contributed by atoms with Gasteiger partial charge in [-0.1, -0.05) is 85.2 Å². The Bertz CT molecular complexity index is 3390. The molecule has 1 aromatic rings. The minimum absolute atomic E-state index is 0.0591. The van der Waals surface area contributed by atoms with Crippen molar-refractivity contribution in [2.45, 2.75) is 397 Å². The van der Waals surface area contributed by atoms with E-state index >= 15 is 0 Å². The van der Waals surface area contributed by atoms with E-state index in [0.717, 1.165) is 32.1 Å². The summed E-state index contributed by atoms with van der Waals surface area (Å²) in [6.07, 6.45) is -13.2. The quantitative estimate of drug-likeness (QED) is 0.0342. The molecule has 0 spiro atoms. The van der Waals surface area contributed by atoms with E-state index < -0.39 is 210 Å². The molecule has 692 valence electrons. The fourth-order valence-electron chi connectivity index (χ4n) is 19.6. The molecule has 17 unspecified atom stereocenters. The molecule has 0 bridgehead atoms. The molecular formula is C89H154N4O27. The summed E-state index contributed by atoms with van der Waals surface area (Å²) in [5.41, 5.74) is -7.43. The summed E-state index contributed by atoms with van der Waals surface area (Å²) in [7, 11) is 13.7. The second kappa shape index (κ2) is 43.5. The molecule has 8 rings (SSSR count). The van der Waals surface area contributed by atoms with Crippen molar-refractivity contribution in [3.05, 3.63) is 30.3 Å². The molecule has 6 heterocycles. The summed E-state index contributed by atoms with van der Waals surface area (Å²) >= 11 is 0. The standard InChI is InChI=1S/C45H74N2O14.C44H80N2O13/c1-15-32-45(10,53)37(49)26(4)34(48)24(2)22-44(9,55-14)39(27(5)35(28(6)40(51)58-32)59-33-23-43(8,54-13)38(50)29(7)57-33)61-41-36(31(47(11)12)21-25(3)56-41)60-42(52)46-30-19-17-16-18-20-30;1-15-32-44(10,51)37(48)26(4)34(45-59-30-19-17-16-18-20-30)24(2)22-43(9,53-14)39(58-41-35(47)31(46(11)12)21-25(3)54-41)27(5)36(28(6)40(50)56-32)57-33-23-42(8,52-13)38(49)29(7)55-33/h16-20,24-29,31-33,35-39,41,49-50,53H,15,21-23H2,1-14H3,(H,46,52);24-33,35-39,41,47-49,51H,15-23H2,1-14H3/b;45-34+/t24-,25?,26+,27+,28-,29?,31?,32-,33?,35+,36?,37-,38?,39-,41?,43?,44-,45-;24-,25?,26+,27+,28-,29?,31?,32-,33?,35?,36?,37-,38?,39-,41?,42?,43-,44-/m11/s1. The van der Waals surface area contributed by atoms with Gasteiger partial charge in [0.1, 0.15) is 53.6 Å². The van der Waals surface area contributed by atoms with Crippen LogP contribution in [0.4, 0.5) is 10.5 Å². The predicted molar refractivity (Wildman–Crippen MR) is 447 cm³/mol. The number of hydrogen-bond acceptors (Lipinski definition) is 30. The molecule has 1 amide bonds. The Morgan fingerprint density at radius 3 is 1.36 bits per heavy atom. The molecule has 1 aliphatic carbocycles. The highest BCUT2D eigenvalue weighted by Crippen LogP contribution is 2.46. The minimum atomic E-state index is -2.00. The Labute approximate surface area is 714 Å². The van der Waals surface area contributed by atoms with Crippen molar-refractivity contribution in [3.63, 3.8) is 0 Å². The van der Waals surface area contributed by atoms with Crippen LogP contribution in [0.5, 0.6) is 0 Å². The number of amides is 1. The number of Topliss-reactive ketones (excluding diaryl/α,β-unsaturated/α-hetero) is 1. The summed E-state index contributed by atoms with van der Waals surface area (Å²) in [6, 6.07) is 8.27. The molecule has 8 N–H and O–H groups in total. The number of rotatable bonds is 20. The van der Waals surface area contributed by atoms with Crippen molar-refractivity contribution in [2.75, 3.05) is 61.9 Å². The molecule has 0 aromatic heterocycles. The van der Waals surface area contributed by atoms with Crippen LogP contribution in [-0.4, -0.2) is 306 Å². The number of likely N-dealkylation sites (N-methyl/N-ethyl adjacent to an activating group) is 2. The lowest BCUT2D eigenvalue weighted by atomic mass is 9.73. The average Bonchev–Trinajstić information content (AvgIpc) is 0.769. The maximum Gasteiger partial charge on any atom is 0.412 e. The Morgan fingerprint density at radius 1 is 0.508 bits per heavy atom. The number of anilines is 1. The van der Waals surface area contributed by atoms with Crippen molar-refractivity contribution < 1.29 is 131 Å². The monoisotopic (exact) mass is 1710 g/mol. The van der Waals surface area contributed by atoms with E-state index in [1.54, 1.807) is 114 Å². The number of ether oxygens (including phenoxy) is 15. The van der Waals surface area contributed by atoms with Gasteiger partial charge in [0.25, 0.3) is 0 Å². The van der Waals surface area contributed by atoms with Crippen LogP contribution in [0.25, 0.3) is 0 Å². The molecule has 0 radical (unpaired) electrons. The number of cyclic esters (lactones) is 2. The topological polar surface area (TPSA) is 388 Å². The second-order valence-corrected chi connectivity index (χ2v) is 37.6. The smallest absolute Gasteiger partial charge is 0.412 e. The highest BCUT2D eigenvalue weighted by molar-refractivity contribution is 5.89. The Kier molecular flexibility index (Phi) is 37.3. The third-order valence-corrected chi connectivity index (χ3v) is 27.7. The van der Waals surface area contributed by atoms with Gasteiger partial charge in [0.15, 0.2) is 31.3 Å². The van der Waals surface area contributed by atoms with Gasteiger partial charge in [0.05, 0.1) is 107 Å². The third kappa shape index (κ3) is 24.1. The maximum atomic E-state index is 14.5. The van der Waals surface area contributed by atoms with Gasteiger partial charge in [-0.3, -0.25) is 19.7 Å². The number of para-hydroxylation sites is 1. The van der Waals surface area contributed by atoms with Crippen molar-refractivity contribution in [2.24, 2.45) is 52.5 Å². The first kappa shape index (κ1) is 103. The van der Waals surface area contributed by atoms with Crippen LogP contribution in [-0.2, 0) is 90.3 Å². The maximum absolute atomic E-state index is 14.5. The van der Waals surface area contributed by atoms with Crippen LogP contribution < -0.4 is 5.32 Å². The third-order valence-electron chi connectivity index (χ3n) is 27.7. The molecule has 31 heteroatoms. The van der Waals surface area contributed by atoms with Gasteiger partial charge in [-0.25, -0.2) is 4.79 Å². The Morgan fingerprint density at radius 2 is 0.925 bits per heavy atom. The van der Waals surface area contributed by atoms with Crippen molar-refractivity contribution in [3.8, 4) is 0 Å². The van der Waals surface area contributed by atoms with Gasteiger partial charge in [-0.05, 0) is 188 Å². The lowest BCUT2D eigenvalue weighted by Gasteiger charge is -2.50. The number of aliphatic hydroxyl groups excluding tert-OH is 5. The minimum Gasteiger partial charge on any atom is -0.459 e. The van der Waals surface area contributed by atoms with Gasteiger partial charge < -0.3 is 121 Å². The first-order valence-corrected chi connectivity index (χ1v) is 43.8. The molecule has 1 saturated carbocycles. The molecule has 6 aliphatic heterocycles. The predicted octanol–water partition coefficient (Wildman–Crippen LogP) is 9.27. The molecule has 36 atom stereocenters. The fourth-order valence-corrected chi connectivity index (χ4v) is 19.6. The summed E-state index contributed by atoms with van der Waals surface area (Å²) in [5, 5.41) is 88.9. The van der Waals surface area contributed by atoms with Crippen LogP contribution in [0.1, 0.15) is 222 Å². The van der Waals surface area contributed by atoms with E-state index in [0.29, 0.717) is 24.2 Å². The van der Waals surface area contributed by atoms with Crippen molar-refractivity contribution in [1.82, 2.24) is 9.80 Å². The molecule has 1 aromatic carbocycles. The first-order chi connectivity index (χ1) is 56.0. The molecule has 31 nitrogen and oxygen atoms in total. The van der Waals surface area contributed by atoms with E-state index in [-0.39, 0.29) is 74.7 Å². The zero-order chi connectivity index (χ0) is 90.0. The highest BCUT2D eigenvalue weighted by Gasteiger charge is 2.58. The van der Waals surface area contributed by atoms with Crippen LogP contribution in [0.15, 0.2) is 35.5 Å². The van der Waals surface area contributed by atoms with E-state index in [2.05, 4.69) is 5.32 Å². The van der Waals surface area contributed by atoms with E-state index in [1.807, 2.05) is 85.6 Å². The largest absolute Gasteiger partial charge is 0.459 e. The van der Waals surface area contributed by atoms with Gasteiger partial charge in [-0.15, -0.1) is 0 Å². The molecular weight excluding hydrogens is 1560 g/mol. The number of nitrogens with zero attached hydrogens (tertiary/aromatic N) is 3. The zero-order valence-corrected chi connectivity index (χ0v) is 77.1. The SMILES string of the molecule is CC[C@H]1OC(=O)[C@H](C)C(OC2CC(C)(OC)C(O)C(C)O2)[C@H](C)[C@@H](OC2OC(C)CC(N(C)C)C2O)[C@](C)(OC)C[C@@H](C)/C(=N\OC2CCCCC2)[C@H](C)[C@@H](O)[C@]1(C)O.CC[C@H]1OC(=O)[C@H](C)[C@@H](OC2CC(C)(OC)C(O)C(C)O2)[C@H](C)[C@@H](OC2OC(C)CC(N(C)C)C2OC(=O)Nc2ccccc2)[C@](C)(OC)C[C@@H](C)C(=O)[C@H](C)[C@@H](O)[C@]1(C)O. The average molecular weight is 1710 g/mol. The van der Waals surface area contributed by atoms with Crippen molar-refractivity contribution in [1.29, 1.82) is 0 Å². The van der Waals surface area contributed by atoms with Crippen LogP contribution in [0.2, 0.25) is 0 Å². The number of methoxy groups -OCH3 is 4. The fraction of sp³-hybridized carbons (Fsp3) is 0.876. The normalized spacial score (nSPS) is 45.2. The van der Waals surface area contributed by atoms with E-state index in [1.165, 1.54) is 35.2 Å². The Hall–Kier alpha value is -4.27. The Balaban J connectivity index is 0.000000331. The van der Waals surface area contributed by atoms with Crippen LogP contribution in [0.3, 0.4) is 0 Å². The molecule has 120 heavy (non-hydrogen) atoms. The number of hydrogen-bond donors (Lipinski definition) is 8. The van der Waals surface area contributed by atoms with Gasteiger partial charge in [0.2, 0.25) is 0 Å². The van der Waals surface area contributed by atoms with Gasteiger partial charge in [0, 0.05) is 88.5 Å². The summed E-state index contributed by atoms with van der Waals surface area (Å²) in [4.78, 5) is 66.8. The number of oxime groups is 1. The van der Waals surface area contributed by atoms with Gasteiger partial charge >= 0.3 is 18.0 Å². The molecule has 7 aliphatic rings. The number of benzene rings is 1. The number of carbonyl (C=O) groups is 4. The number of carbonyl (C=O) groups excluding carboxylic acids is 4. The summed E-state index contributed by atoms with van der Waals surface area (Å²) < 4.78 is 96.0. The number of nitrogens with one attached hydrogen (secondary N) is 1. The zero-order valence-electron chi connectivity index (χ0n) is 77.1.